The van der Waals surface area contributed by atoms with E-state index >= 15 is 0 Å². The summed E-state index contributed by atoms with van der Waals surface area (Å²) < 4.78 is 1.31. The second kappa shape index (κ2) is 4.52. The van der Waals surface area contributed by atoms with Gasteiger partial charge in [-0.1, -0.05) is 12.1 Å². The van der Waals surface area contributed by atoms with E-state index in [0.29, 0.717) is 0 Å². The second-order valence-corrected chi connectivity index (χ2v) is 7.75. The molecule has 2 aromatic rings. The van der Waals surface area contributed by atoms with Crippen molar-refractivity contribution in [1.29, 1.82) is 0 Å². The Bertz CT molecular complexity index is 600. The van der Waals surface area contributed by atoms with Gasteiger partial charge in [0.1, 0.15) is 5.01 Å². The summed E-state index contributed by atoms with van der Waals surface area (Å²) in [5.41, 5.74) is 1.43. The highest BCUT2D eigenvalue weighted by molar-refractivity contribution is 7.18. The van der Waals surface area contributed by atoms with Crippen LogP contribution in [0.2, 0.25) is 0 Å². The molecule has 4 heteroatoms. The van der Waals surface area contributed by atoms with Crippen LogP contribution in [0.3, 0.4) is 0 Å². The summed E-state index contributed by atoms with van der Waals surface area (Å²) >= 11 is 1.84. The summed E-state index contributed by atoms with van der Waals surface area (Å²) in [6, 6.07) is 8.45. The molecule has 0 saturated carbocycles. The summed E-state index contributed by atoms with van der Waals surface area (Å²) in [6.07, 6.45) is 0. The van der Waals surface area contributed by atoms with Crippen molar-refractivity contribution in [2.45, 2.75) is 25.9 Å². The Morgan fingerprint density at radius 2 is 2.20 bits per heavy atom. The summed E-state index contributed by atoms with van der Waals surface area (Å²) in [5.74, 6) is 1.61. The SMILES string of the molecule is CC1(C)C2CNCC2CN1Cc1nc2ccccc2s1. The molecule has 2 aliphatic rings. The Labute approximate surface area is 124 Å². The van der Waals surface area contributed by atoms with Crippen LogP contribution in [0.25, 0.3) is 10.2 Å². The number of likely N-dealkylation sites (tertiary alicyclic amines) is 1. The van der Waals surface area contributed by atoms with Crippen molar-refractivity contribution in [3.05, 3.63) is 29.3 Å². The van der Waals surface area contributed by atoms with Gasteiger partial charge in [-0.05, 0) is 44.4 Å². The fraction of sp³-hybridized carbons (Fsp3) is 0.562. The Hall–Kier alpha value is -0.970. The summed E-state index contributed by atoms with van der Waals surface area (Å²) in [6.45, 7) is 9.37. The third kappa shape index (κ3) is 1.90. The molecule has 1 aromatic heterocycles. The van der Waals surface area contributed by atoms with Gasteiger partial charge >= 0.3 is 0 Å². The number of benzene rings is 1. The molecule has 20 heavy (non-hydrogen) atoms. The highest BCUT2D eigenvalue weighted by Crippen LogP contribution is 2.41. The van der Waals surface area contributed by atoms with Gasteiger partial charge in [0.15, 0.2) is 0 Å². The van der Waals surface area contributed by atoms with Crippen LogP contribution in [0.1, 0.15) is 18.9 Å². The molecule has 1 N–H and O–H groups in total. The summed E-state index contributed by atoms with van der Waals surface area (Å²) in [5, 5.41) is 4.80. The van der Waals surface area contributed by atoms with E-state index in [2.05, 4.69) is 48.3 Å². The molecule has 0 bridgehead atoms. The molecule has 4 rings (SSSR count). The zero-order valence-corrected chi connectivity index (χ0v) is 12.9. The summed E-state index contributed by atoms with van der Waals surface area (Å²) in [7, 11) is 0. The molecule has 3 nitrogen and oxygen atoms in total. The number of hydrogen-bond acceptors (Lipinski definition) is 4. The van der Waals surface area contributed by atoms with E-state index in [1.54, 1.807) is 0 Å². The minimum atomic E-state index is 0.284. The zero-order valence-electron chi connectivity index (χ0n) is 12.1. The van der Waals surface area contributed by atoms with Crippen molar-refractivity contribution in [2.24, 2.45) is 11.8 Å². The summed E-state index contributed by atoms with van der Waals surface area (Å²) in [4.78, 5) is 7.44. The fourth-order valence-electron chi connectivity index (χ4n) is 3.92. The maximum Gasteiger partial charge on any atom is 0.108 e. The first kappa shape index (κ1) is 12.7. The van der Waals surface area contributed by atoms with E-state index in [9.17, 15) is 0 Å². The highest BCUT2D eigenvalue weighted by atomic mass is 32.1. The molecule has 2 fully saturated rings. The van der Waals surface area contributed by atoms with Crippen LogP contribution in [0.4, 0.5) is 0 Å². The van der Waals surface area contributed by atoms with E-state index in [1.807, 2.05) is 11.3 Å². The predicted octanol–water partition coefficient (Wildman–Crippen LogP) is 2.73. The minimum absolute atomic E-state index is 0.284. The molecule has 2 atom stereocenters. The fourth-order valence-corrected chi connectivity index (χ4v) is 4.91. The molecule has 2 unspecified atom stereocenters. The molecule has 0 aliphatic carbocycles. The Morgan fingerprint density at radius 1 is 1.35 bits per heavy atom. The van der Waals surface area contributed by atoms with Gasteiger partial charge in [0.25, 0.3) is 0 Å². The van der Waals surface area contributed by atoms with Crippen molar-refractivity contribution in [2.75, 3.05) is 19.6 Å². The van der Waals surface area contributed by atoms with E-state index < -0.39 is 0 Å². The van der Waals surface area contributed by atoms with Crippen LogP contribution in [-0.2, 0) is 6.54 Å². The van der Waals surface area contributed by atoms with Crippen LogP contribution in [-0.4, -0.2) is 35.1 Å². The first-order valence-electron chi connectivity index (χ1n) is 7.45. The molecule has 2 aliphatic heterocycles. The third-order valence-electron chi connectivity index (χ3n) is 5.18. The lowest BCUT2D eigenvalue weighted by molar-refractivity contribution is 0.132. The Kier molecular flexibility index (Phi) is 2.88. The van der Waals surface area contributed by atoms with Gasteiger partial charge in [0, 0.05) is 18.6 Å². The van der Waals surface area contributed by atoms with Gasteiger partial charge in [-0.15, -0.1) is 11.3 Å². The van der Waals surface area contributed by atoms with Gasteiger partial charge in [-0.25, -0.2) is 4.98 Å². The van der Waals surface area contributed by atoms with E-state index in [0.717, 1.165) is 23.9 Å². The normalized spacial score (nSPS) is 29.1. The molecule has 1 aromatic carbocycles. The number of thiazole rings is 1. The standard InChI is InChI=1S/C16H21N3S/c1-16(2)12-8-17-7-11(12)9-19(16)10-15-18-13-5-3-4-6-14(13)20-15/h3-6,11-12,17H,7-10H2,1-2H3. The van der Waals surface area contributed by atoms with Crippen molar-refractivity contribution < 1.29 is 0 Å². The predicted molar refractivity (Wildman–Crippen MR) is 84.0 cm³/mol. The van der Waals surface area contributed by atoms with Gasteiger partial charge in [-0.3, -0.25) is 4.90 Å². The monoisotopic (exact) mass is 287 g/mol. The molecule has 0 radical (unpaired) electrons. The van der Waals surface area contributed by atoms with Gasteiger partial charge in [0.2, 0.25) is 0 Å². The quantitative estimate of drug-likeness (QED) is 0.920. The molecular weight excluding hydrogens is 266 g/mol. The van der Waals surface area contributed by atoms with Crippen LogP contribution in [0, 0.1) is 11.8 Å². The van der Waals surface area contributed by atoms with E-state index in [4.69, 9.17) is 4.98 Å². The molecule has 106 valence electrons. The third-order valence-corrected chi connectivity index (χ3v) is 6.20. The van der Waals surface area contributed by atoms with Crippen molar-refractivity contribution in [1.82, 2.24) is 15.2 Å². The van der Waals surface area contributed by atoms with Gasteiger partial charge in [-0.2, -0.15) is 0 Å². The average Bonchev–Trinajstić information content (AvgIpc) is 3.07. The first-order valence-corrected chi connectivity index (χ1v) is 8.26. The number of nitrogens with zero attached hydrogens (tertiary/aromatic N) is 2. The smallest absolute Gasteiger partial charge is 0.108 e. The number of nitrogens with one attached hydrogen (secondary N) is 1. The number of rotatable bonds is 2. The maximum absolute atomic E-state index is 4.80. The molecule has 0 amide bonds. The van der Waals surface area contributed by atoms with Gasteiger partial charge < -0.3 is 5.32 Å². The van der Waals surface area contributed by atoms with Crippen LogP contribution in [0.15, 0.2) is 24.3 Å². The lowest BCUT2D eigenvalue weighted by atomic mass is 9.85. The Balaban J connectivity index is 1.59. The lowest BCUT2D eigenvalue weighted by Crippen LogP contribution is -2.43. The highest BCUT2D eigenvalue weighted by Gasteiger charge is 2.49. The maximum atomic E-state index is 4.80. The van der Waals surface area contributed by atoms with Crippen LogP contribution in [0.5, 0.6) is 0 Å². The average molecular weight is 287 g/mol. The van der Waals surface area contributed by atoms with Crippen molar-refractivity contribution in [3.8, 4) is 0 Å². The Morgan fingerprint density at radius 3 is 3.00 bits per heavy atom. The van der Waals surface area contributed by atoms with Crippen molar-refractivity contribution in [3.63, 3.8) is 0 Å². The number of para-hydroxylation sites is 1. The van der Waals surface area contributed by atoms with Crippen molar-refractivity contribution >= 4 is 21.6 Å². The number of fused-ring (bicyclic) bond motifs is 2. The van der Waals surface area contributed by atoms with Gasteiger partial charge in [0.05, 0.1) is 16.8 Å². The van der Waals surface area contributed by atoms with Crippen LogP contribution >= 0.6 is 11.3 Å². The van der Waals surface area contributed by atoms with E-state index in [-0.39, 0.29) is 5.54 Å². The van der Waals surface area contributed by atoms with E-state index in [1.165, 1.54) is 29.3 Å². The first-order chi connectivity index (χ1) is 9.64. The largest absolute Gasteiger partial charge is 0.316 e. The number of hydrogen-bond donors (Lipinski definition) is 1. The lowest BCUT2D eigenvalue weighted by Gasteiger charge is -2.35. The molecular formula is C16H21N3S. The topological polar surface area (TPSA) is 28.2 Å². The molecule has 2 saturated heterocycles. The zero-order chi connectivity index (χ0) is 13.7. The van der Waals surface area contributed by atoms with Crippen LogP contribution < -0.4 is 5.32 Å². The molecule has 0 spiro atoms. The minimum Gasteiger partial charge on any atom is -0.316 e. The second-order valence-electron chi connectivity index (χ2n) is 6.63. The molecule has 3 heterocycles. The number of aromatic nitrogens is 1.